The van der Waals surface area contributed by atoms with E-state index in [1.54, 1.807) is 6.07 Å². The molecule has 2 rings (SSSR count). The van der Waals surface area contributed by atoms with E-state index in [1.165, 1.54) is 18.2 Å². The van der Waals surface area contributed by atoms with Crippen LogP contribution in [0.4, 0.5) is 8.78 Å². The van der Waals surface area contributed by atoms with Gasteiger partial charge in [0.25, 0.3) is 0 Å². The van der Waals surface area contributed by atoms with Crippen LogP contribution in [0.3, 0.4) is 0 Å². The van der Waals surface area contributed by atoms with Crippen molar-refractivity contribution in [3.8, 4) is 0 Å². The van der Waals surface area contributed by atoms with Gasteiger partial charge in [0.05, 0.1) is 0 Å². The zero-order chi connectivity index (χ0) is 21.8. The van der Waals surface area contributed by atoms with E-state index in [1.807, 2.05) is 12.1 Å². The minimum atomic E-state index is -2.57. The van der Waals surface area contributed by atoms with E-state index in [2.05, 4.69) is 9.84 Å². The number of hydrogen-bond donors (Lipinski definition) is 2. The SMILES string of the molecule is O=[P+](O)OCCCNCc1cc(Cl)c(CCCCCCc2ccc(F)cc2)cc1F. The normalized spacial score (nSPS) is 11.7. The van der Waals surface area contributed by atoms with E-state index in [4.69, 9.17) is 16.5 Å². The highest BCUT2D eigenvalue weighted by atomic mass is 35.5. The average Bonchev–Trinajstić information content (AvgIpc) is 2.71. The van der Waals surface area contributed by atoms with E-state index in [0.717, 1.165) is 49.7 Å². The summed E-state index contributed by atoms with van der Waals surface area (Å²) < 4.78 is 42.2. The third-order valence-corrected chi connectivity index (χ3v) is 5.56. The number of unbranched alkanes of at least 4 members (excludes halogenated alkanes) is 3. The molecule has 0 radical (unpaired) electrons. The highest BCUT2D eigenvalue weighted by Crippen LogP contribution is 2.23. The molecule has 0 saturated carbocycles. The number of rotatable bonds is 14. The summed E-state index contributed by atoms with van der Waals surface area (Å²) in [6, 6.07) is 9.78. The van der Waals surface area contributed by atoms with Crippen LogP contribution in [0.2, 0.25) is 5.02 Å². The first-order chi connectivity index (χ1) is 14.5. The second-order valence-corrected chi connectivity index (χ2v) is 8.32. The number of benzene rings is 2. The number of hydrogen-bond acceptors (Lipinski definition) is 3. The van der Waals surface area contributed by atoms with Crippen molar-refractivity contribution >= 4 is 19.9 Å². The first-order valence-corrected chi connectivity index (χ1v) is 11.7. The molecule has 1 unspecified atom stereocenters. The van der Waals surface area contributed by atoms with Gasteiger partial charge < -0.3 is 5.32 Å². The summed E-state index contributed by atoms with van der Waals surface area (Å²) in [5, 5.41) is 3.64. The predicted molar refractivity (Wildman–Crippen MR) is 116 cm³/mol. The molecule has 0 amide bonds. The fourth-order valence-corrected chi connectivity index (χ4v) is 3.73. The quantitative estimate of drug-likeness (QED) is 0.265. The summed E-state index contributed by atoms with van der Waals surface area (Å²) in [5.41, 5.74) is 2.45. The van der Waals surface area contributed by atoms with Crippen LogP contribution < -0.4 is 5.32 Å². The van der Waals surface area contributed by atoms with E-state index < -0.39 is 8.25 Å². The smallest absolute Gasteiger partial charge is 0.312 e. The van der Waals surface area contributed by atoms with Crippen LogP contribution in [0.5, 0.6) is 0 Å². The number of halogens is 3. The Morgan fingerprint density at radius 2 is 1.67 bits per heavy atom. The molecule has 2 aromatic carbocycles. The van der Waals surface area contributed by atoms with Gasteiger partial charge in [-0.1, -0.05) is 36.6 Å². The van der Waals surface area contributed by atoms with Crippen LogP contribution in [0.1, 0.15) is 48.8 Å². The molecule has 30 heavy (non-hydrogen) atoms. The lowest BCUT2D eigenvalue weighted by Crippen LogP contribution is -2.17. The fourth-order valence-electron chi connectivity index (χ4n) is 3.17. The average molecular weight is 459 g/mol. The van der Waals surface area contributed by atoms with Crippen molar-refractivity contribution in [1.29, 1.82) is 0 Å². The maximum Gasteiger partial charge on any atom is 0.694 e. The molecule has 0 spiro atoms. The summed E-state index contributed by atoms with van der Waals surface area (Å²) in [7, 11) is -2.57. The zero-order valence-corrected chi connectivity index (χ0v) is 18.5. The lowest BCUT2D eigenvalue weighted by Gasteiger charge is -2.10. The maximum absolute atomic E-state index is 14.3. The van der Waals surface area contributed by atoms with Gasteiger partial charge in [-0.3, -0.25) is 0 Å². The fraction of sp³-hybridized carbons (Fsp3) is 0.455. The molecule has 164 valence electrons. The number of nitrogens with one attached hydrogen (secondary N) is 1. The summed E-state index contributed by atoms with van der Waals surface area (Å²) in [6.45, 7) is 1.05. The molecular formula is C22H28ClF2NO3P+. The first-order valence-electron chi connectivity index (χ1n) is 10.2. The van der Waals surface area contributed by atoms with Crippen molar-refractivity contribution < 1.29 is 22.8 Å². The van der Waals surface area contributed by atoms with Crippen LogP contribution in [-0.4, -0.2) is 18.0 Å². The van der Waals surface area contributed by atoms with Gasteiger partial charge >= 0.3 is 8.25 Å². The minimum absolute atomic E-state index is 0.171. The molecule has 0 aromatic heterocycles. The minimum Gasteiger partial charge on any atom is -0.312 e. The Labute approximate surface area is 182 Å². The van der Waals surface area contributed by atoms with Crippen molar-refractivity contribution in [3.63, 3.8) is 0 Å². The Morgan fingerprint density at radius 3 is 2.37 bits per heavy atom. The van der Waals surface area contributed by atoms with Gasteiger partial charge in [-0.15, -0.1) is 9.42 Å². The van der Waals surface area contributed by atoms with E-state index in [0.29, 0.717) is 30.1 Å². The van der Waals surface area contributed by atoms with Gasteiger partial charge in [0.2, 0.25) is 0 Å². The van der Waals surface area contributed by atoms with Crippen molar-refractivity contribution in [2.24, 2.45) is 0 Å². The second kappa shape index (κ2) is 13.8. The monoisotopic (exact) mass is 458 g/mol. The molecule has 0 aliphatic heterocycles. The summed E-state index contributed by atoms with van der Waals surface area (Å²) >= 11 is 6.33. The largest absolute Gasteiger partial charge is 0.694 e. The Balaban J connectivity index is 1.65. The Bertz CT molecular complexity index is 806. The van der Waals surface area contributed by atoms with Crippen LogP contribution in [0.25, 0.3) is 0 Å². The molecule has 2 aromatic rings. The Kier molecular flexibility index (Phi) is 11.4. The summed E-state index contributed by atoms with van der Waals surface area (Å²) in [4.78, 5) is 8.53. The first kappa shape index (κ1) is 24.8. The molecule has 1 atom stereocenters. The lowest BCUT2D eigenvalue weighted by molar-refractivity contribution is 0.276. The maximum atomic E-state index is 14.3. The summed E-state index contributed by atoms with van der Waals surface area (Å²) in [5.74, 6) is -0.496. The molecular weight excluding hydrogens is 431 g/mol. The third kappa shape index (κ3) is 9.59. The molecule has 0 aliphatic rings. The molecule has 0 aliphatic carbocycles. The topological polar surface area (TPSA) is 58.6 Å². The molecule has 4 nitrogen and oxygen atoms in total. The molecule has 2 N–H and O–H groups in total. The lowest BCUT2D eigenvalue weighted by atomic mass is 10.0. The second-order valence-electron chi connectivity index (χ2n) is 7.18. The van der Waals surface area contributed by atoms with Crippen molar-refractivity contribution in [2.75, 3.05) is 13.2 Å². The zero-order valence-electron chi connectivity index (χ0n) is 16.9. The van der Waals surface area contributed by atoms with Crippen molar-refractivity contribution in [2.45, 2.75) is 51.5 Å². The van der Waals surface area contributed by atoms with Gasteiger partial charge in [-0.25, -0.2) is 8.78 Å². The Morgan fingerprint density at radius 1 is 0.967 bits per heavy atom. The van der Waals surface area contributed by atoms with Crippen molar-refractivity contribution in [1.82, 2.24) is 5.32 Å². The molecule has 0 bridgehead atoms. The van der Waals surface area contributed by atoms with E-state index >= 15 is 0 Å². The molecule has 0 heterocycles. The summed E-state index contributed by atoms with van der Waals surface area (Å²) in [6.07, 6.45) is 6.29. The highest BCUT2D eigenvalue weighted by Gasteiger charge is 2.11. The van der Waals surface area contributed by atoms with Gasteiger partial charge in [0.1, 0.15) is 18.2 Å². The van der Waals surface area contributed by atoms with Crippen molar-refractivity contribution in [3.05, 3.63) is 69.7 Å². The van der Waals surface area contributed by atoms with Gasteiger partial charge in [-0.2, -0.15) is 0 Å². The standard InChI is InChI=1S/C22H27ClF2NO3P/c23-21-14-19(16-26-12-5-13-29-30(27)28)22(25)15-18(21)7-4-2-1-3-6-17-8-10-20(24)11-9-17/h8-11,14-15,26H,1-7,12-13,16H2/p+1. The third-order valence-electron chi connectivity index (χ3n) is 4.81. The Hall–Kier alpha value is -1.43. The molecule has 0 saturated heterocycles. The predicted octanol–water partition coefficient (Wildman–Crippen LogP) is 6.11. The van der Waals surface area contributed by atoms with Crippen LogP contribution >= 0.6 is 19.9 Å². The number of aryl methyl sites for hydroxylation is 2. The van der Waals surface area contributed by atoms with Gasteiger partial charge in [-0.05, 0) is 74.0 Å². The van der Waals surface area contributed by atoms with E-state index in [9.17, 15) is 13.3 Å². The van der Waals surface area contributed by atoms with E-state index in [-0.39, 0.29) is 18.2 Å². The highest BCUT2D eigenvalue weighted by molar-refractivity contribution is 7.32. The van der Waals surface area contributed by atoms with Crippen LogP contribution in [0, 0.1) is 11.6 Å². The van der Waals surface area contributed by atoms with Crippen LogP contribution in [0.15, 0.2) is 36.4 Å². The van der Waals surface area contributed by atoms with Crippen LogP contribution in [-0.2, 0) is 28.5 Å². The molecule has 8 heteroatoms. The van der Waals surface area contributed by atoms with Gasteiger partial charge in [0.15, 0.2) is 0 Å². The van der Waals surface area contributed by atoms with Gasteiger partial charge in [0, 0.05) is 21.7 Å². The molecule has 0 fully saturated rings.